The SMILES string of the molecule is CCCCCCCCCCCCCCCC/C=C/OC[C@@H](COP(=O)(O)OCCO)OC(C)=O. The number of hydrogen-bond acceptors (Lipinski definition) is 7. The second-order valence-corrected chi connectivity index (χ2v) is 10.1. The zero-order valence-corrected chi connectivity index (χ0v) is 22.4. The fourth-order valence-corrected chi connectivity index (χ4v) is 4.22. The first-order chi connectivity index (χ1) is 16.4. The van der Waals surface area contributed by atoms with Gasteiger partial charge in [-0.25, -0.2) is 4.57 Å². The predicted octanol–water partition coefficient (Wildman–Crippen LogP) is 6.45. The lowest BCUT2D eigenvalue weighted by atomic mass is 10.0. The van der Waals surface area contributed by atoms with Crippen molar-refractivity contribution in [3.8, 4) is 0 Å². The van der Waals surface area contributed by atoms with Gasteiger partial charge in [0.25, 0.3) is 0 Å². The molecule has 0 aromatic rings. The summed E-state index contributed by atoms with van der Waals surface area (Å²) in [5.41, 5.74) is 0. The van der Waals surface area contributed by atoms with Crippen molar-refractivity contribution in [1.82, 2.24) is 0 Å². The van der Waals surface area contributed by atoms with Crippen molar-refractivity contribution in [1.29, 1.82) is 0 Å². The second-order valence-electron chi connectivity index (χ2n) is 8.64. The first-order valence-corrected chi connectivity index (χ1v) is 14.6. The number of unbranched alkanes of at least 4 members (excludes halogenated alkanes) is 14. The molecule has 0 heterocycles. The number of phosphoric acid groups is 1. The Morgan fingerprint density at radius 3 is 1.88 bits per heavy atom. The molecular formula is C25H49O8P. The van der Waals surface area contributed by atoms with Crippen molar-refractivity contribution in [2.24, 2.45) is 0 Å². The lowest BCUT2D eigenvalue weighted by Gasteiger charge is -2.18. The van der Waals surface area contributed by atoms with E-state index in [0.29, 0.717) is 0 Å². The van der Waals surface area contributed by atoms with Gasteiger partial charge in [0.15, 0.2) is 6.10 Å². The van der Waals surface area contributed by atoms with E-state index >= 15 is 0 Å². The Morgan fingerprint density at radius 1 is 0.853 bits per heavy atom. The summed E-state index contributed by atoms with van der Waals surface area (Å²) >= 11 is 0. The Hall–Kier alpha value is -0.920. The van der Waals surface area contributed by atoms with Crippen LogP contribution < -0.4 is 0 Å². The summed E-state index contributed by atoms with van der Waals surface area (Å²) in [6, 6.07) is 0. The predicted molar refractivity (Wildman–Crippen MR) is 134 cm³/mol. The maximum absolute atomic E-state index is 11.6. The summed E-state index contributed by atoms with van der Waals surface area (Å²) in [7, 11) is -4.31. The van der Waals surface area contributed by atoms with Crippen molar-refractivity contribution in [2.45, 2.75) is 116 Å². The van der Waals surface area contributed by atoms with Gasteiger partial charge in [-0.2, -0.15) is 0 Å². The van der Waals surface area contributed by atoms with E-state index in [1.807, 2.05) is 6.08 Å². The summed E-state index contributed by atoms with van der Waals surface area (Å²) in [4.78, 5) is 20.7. The average molecular weight is 509 g/mol. The first kappa shape index (κ1) is 33.1. The van der Waals surface area contributed by atoms with Crippen LogP contribution in [0.25, 0.3) is 0 Å². The number of aliphatic hydroxyl groups excluding tert-OH is 1. The van der Waals surface area contributed by atoms with Gasteiger partial charge in [-0.15, -0.1) is 0 Å². The molecule has 0 aromatic carbocycles. The molecule has 0 aliphatic rings. The third-order valence-corrected chi connectivity index (χ3v) is 6.29. The van der Waals surface area contributed by atoms with Gasteiger partial charge in [-0.1, -0.05) is 90.4 Å². The summed E-state index contributed by atoms with van der Waals surface area (Å²) in [6.45, 7) is 2.40. The normalized spacial score (nSPS) is 14.2. The molecule has 2 N–H and O–H groups in total. The van der Waals surface area contributed by atoms with E-state index in [4.69, 9.17) is 19.1 Å². The highest BCUT2D eigenvalue weighted by Gasteiger charge is 2.24. The zero-order chi connectivity index (χ0) is 25.3. The van der Waals surface area contributed by atoms with Crippen LogP contribution in [0.4, 0.5) is 0 Å². The molecule has 0 saturated heterocycles. The number of carbonyl (C=O) groups is 1. The van der Waals surface area contributed by atoms with E-state index in [1.54, 1.807) is 6.26 Å². The van der Waals surface area contributed by atoms with Gasteiger partial charge in [0.2, 0.25) is 0 Å². The summed E-state index contributed by atoms with van der Waals surface area (Å²) in [5.74, 6) is -0.548. The van der Waals surface area contributed by atoms with Crippen LogP contribution in [0.1, 0.15) is 110 Å². The van der Waals surface area contributed by atoms with E-state index < -0.39 is 26.5 Å². The van der Waals surface area contributed by atoms with Crippen LogP contribution in [0, 0.1) is 0 Å². The molecule has 0 spiro atoms. The number of aliphatic hydroxyl groups is 1. The molecule has 0 aromatic heterocycles. The van der Waals surface area contributed by atoms with Crippen LogP contribution in [0.3, 0.4) is 0 Å². The number of esters is 1. The van der Waals surface area contributed by atoms with Crippen LogP contribution in [0.15, 0.2) is 12.3 Å². The molecule has 0 aliphatic heterocycles. The first-order valence-electron chi connectivity index (χ1n) is 13.1. The molecule has 0 rings (SSSR count). The molecule has 0 aliphatic carbocycles. The van der Waals surface area contributed by atoms with E-state index in [1.165, 1.54) is 90.4 Å². The van der Waals surface area contributed by atoms with Gasteiger partial charge in [0, 0.05) is 6.92 Å². The molecule has 9 heteroatoms. The van der Waals surface area contributed by atoms with Gasteiger partial charge >= 0.3 is 13.8 Å². The van der Waals surface area contributed by atoms with Gasteiger partial charge < -0.3 is 19.5 Å². The summed E-state index contributed by atoms with van der Waals surface area (Å²) < 4.78 is 31.3. The maximum atomic E-state index is 11.6. The van der Waals surface area contributed by atoms with Gasteiger partial charge in [-0.3, -0.25) is 13.8 Å². The maximum Gasteiger partial charge on any atom is 0.472 e. The van der Waals surface area contributed by atoms with Crippen LogP contribution in [0.2, 0.25) is 0 Å². The molecule has 0 radical (unpaired) electrons. The number of phosphoric ester groups is 1. The number of ether oxygens (including phenoxy) is 2. The lowest BCUT2D eigenvalue weighted by molar-refractivity contribution is -0.150. The van der Waals surface area contributed by atoms with Crippen molar-refractivity contribution < 1.29 is 37.9 Å². The van der Waals surface area contributed by atoms with E-state index in [0.717, 1.165) is 12.8 Å². The summed E-state index contributed by atoms with van der Waals surface area (Å²) in [5, 5.41) is 8.64. The highest BCUT2D eigenvalue weighted by Crippen LogP contribution is 2.43. The second kappa shape index (κ2) is 23.8. The molecule has 34 heavy (non-hydrogen) atoms. The number of hydrogen-bond donors (Lipinski definition) is 2. The van der Waals surface area contributed by atoms with E-state index in [9.17, 15) is 14.3 Å². The lowest BCUT2D eigenvalue weighted by Crippen LogP contribution is -2.26. The quantitative estimate of drug-likeness (QED) is 0.0627. The number of allylic oxidation sites excluding steroid dienone is 1. The third kappa shape index (κ3) is 24.2. The van der Waals surface area contributed by atoms with Crippen molar-refractivity contribution in [3.63, 3.8) is 0 Å². The topological polar surface area (TPSA) is 112 Å². The molecule has 0 fully saturated rings. The van der Waals surface area contributed by atoms with Gasteiger partial charge in [0.05, 0.1) is 26.1 Å². The van der Waals surface area contributed by atoms with Crippen LogP contribution in [-0.4, -0.2) is 48.5 Å². The van der Waals surface area contributed by atoms with E-state index in [-0.39, 0.29) is 19.8 Å². The minimum absolute atomic E-state index is 0.00514. The molecule has 0 saturated carbocycles. The molecule has 202 valence electrons. The summed E-state index contributed by atoms with van der Waals surface area (Å²) in [6.07, 6.45) is 22.2. The average Bonchev–Trinajstić information content (AvgIpc) is 2.80. The standard InChI is InChI=1S/C25H49O8P/c1-3-4-5-6-7-8-9-10-11-12-13-14-15-16-17-18-20-30-22-25(33-24(2)27)23-32-34(28,29)31-21-19-26/h18,20,25-26H,3-17,19,21-23H2,1-2H3,(H,28,29)/b20-18+/t25-/m0/s1. The smallest absolute Gasteiger partial charge is 0.472 e. The number of carbonyl (C=O) groups excluding carboxylic acids is 1. The Balaban J connectivity index is 3.68. The zero-order valence-electron chi connectivity index (χ0n) is 21.5. The Morgan fingerprint density at radius 2 is 1.38 bits per heavy atom. The van der Waals surface area contributed by atoms with E-state index in [2.05, 4.69) is 11.4 Å². The Labute approximate surface area is 207 Å². The van der Waals surface area contributed by atoms with Crippen molar-refractivity contribution in [3.05, 3.63) is 12.3 Å². The Bertz CT molecular complexity index is 541. The Kier molecular flexibility index (Phi) is 23.2. The minimum atomic E-state index is -4.31. The van der Waals surface area contributed by atoms with Crippen LogP contribution in [0.5, 0.6) is 0 Å². The molecule has 0 bridgehead atoms. The molecule has 1 unspecified atom stereocenters. The van der Waals surface area contributed by atoms with Gasteiger partial charge in [0.1, 0.15) is 6.61 Å². The van der Waals surface area contributed by atoms with Gasteiger partial charge in [-0.05, 0) is 18.9 Å². The highest BCUT2D eigenvalue weighted by molar-refractivity contribution is 7.47. The van der Waals surface area contributed by atoms with Crippen molar-refractivity contribution in [2.75, 3.05) is 26.4 Å². The minimum Gasteiger partial charge on any atom is -0.498 e. The molecule has 8 nitrogen and oxygen atoms in total. The fourth-order valence-electron chi connectivity index (χ4n) is 3.48. The monoisotopic (exact) mass is 508 g/mol. The molecular weight excluding hydrogens is 459 g/mol. The largest absolute Gasteiger partial charge is 0.498 e. The van der Waals surface area contributed by atoms with Crippen molar-refractivity contribution >= 4 is 13.8 Å². The van der Waals surface area contributed by atoms with Crippen LogP contribution >= 0.6 is 7.82 Å². The number of rotatable bonds is 25. The van der Waals surface area contributed by atoms with Crippen LogP contribution in [-0.2, 0) is 27.9 Å². The molecule has 0 amide bonds. The highest BCUT2D eigenvalue weighted by atomic mass is 31.2. The molecule has 2 atom stereocenters. The fraction of sp³-hybridized carbons (Fsp3) is 0.880. The third-order valence-electron chi connectivity index (χ3n) is 5.30.